The highest BCUT2D eigenvalue weighted by Gasteiger charge is 2.18. The van der Waals surface area contributed by atoms with Gasteiger partial charge in [0.15, 0.2) is 0 Å². The van der Waals surface area contributed by atoms with E-state index in [2.05, 4.69) is 25.0 Å². The summed E-state index contributed by atoms with van der Waals surface area (Å²) in [7, 11) is -3.86. The predicted octanol–water partition coefficient (Wildman–Crippen LogP) is 2.40. The highest BCUT2D eigenvalue weighted by molar-refractivity contribution is 7.92. The zero-order valence-corrected chi connectivity index (χ0v) is 18.0. The van der Waals surface area contributed by atoms with Crippen molar-refractivity contribution in [3.05, 3.63) is 66.1 Å². The molecule has 11 heteroatoms. The molecule has 1 atom stereocenters. The van der Waals surface area contributed by atoms with Gasteiger partial charge in [-0.3, -0.25) is 4.79 Å². The molecule has 1 aliphatic heterocycles. The summed E-state index contributed by atoms with van der Waals surface area (Å²) in [6.45, 7) is 2.93. The second kappa shape index (κ2) is 9.28. The number of benzene rings is 1. The van der Waals surface area contributed by atoms with E-state index in [-0.39, 0.29) is 22.9 Å². The smallest absolute Gasteiger partial charge is 0.264 e. The standard InChI is InChI=1S/C21H21N5O5S/c1-14-8-10-22-21(24-14)26-32(28,29)18-5-3-16(4-6-18)25-20(27)15-2-7-19(23-12-15)31-17-9-11-30-13-17/h2-8,10,12,17H,9,11,13H2,1H3,(H,25,27)(H,22,24,26). The van der Waals surface area contributed by atoms with Gasteiger partial charge in [-0.15, -0.1) is 0 Å². The number of sulfonamides is 1. The van der Waals surface area contributed by atoms with Crippen molar-refractivity contribution in [1.82, 2.24) is 15.0 Å². The molecular weight excluding hydrogens is 434 g/mol. The van der Waals surface area contributed by atoms with Crippen molar-refractivity contribution in [2.75, 3.05) is 23.3 Å². The third kappa shape index (κ3) is 5.37. The Bertz CT molecular complexity index is 1190. The summed E-state index contributed by atoms with van der Waals surface area (Å²) >= 11 is 0. The van der Waals surface area contributed by atoms with E-state index in [0.717, 1.165) is 6.42 Å². The van der Waals surface area contributed by atoms with Crippen molar-refractivity contribution < 1.29 is 22.7 Å². The van der Waals surface area contributed by atoms with Crippen LogP contribution in [0.3, 0.4) is 0 Å². The first kappa shape index (κ1) is 21.7. The summed E-state index contributed by atoms with van der Waals surface area (Å²) in [5.74, 6) is 0.0367. The Labute approximate surface area is 185 Å². The summed E-state index contributed by atoms with van der Waals surface area (Å²) < 4.78 is 38.3. The molecule has 1 unspecified atom stereocenters. The van der Waals surface area contributed by atoms with E-state index in [9.17, 15) is 13.2 Å². The van der Waals surface area contributed by atoms with Crippen molar-refractivity contribution in [3.63, 3.8) is 0 Å². The molecule has 32 heavy (non-hydrogen) atoms. The van der Waals surface area contributed by atoms with Gasteiger partial charge >= 0.3 is 0 Å². The Morgan fingerprint density at radius 3 is 2.59 bits per heavy atom. The number of anilines is 2. The van der Waals surface area contributed by atoms with Gasteiger partial charge in [0.05, 0.1) is 23.7 Å². The number of nitrogens with zero attached hydrogens (tertiary/aromatic N) is 3. The highest BCUT2D eigenvalue weighted by atomic mass is 32.2. The molecule has 10 nitrogen and oxygen atoms in total. The third-order valence-electron chi connectivity index (χ3n) is 4.62. The molecule has 0 spiro atoms. The molecule has 2 N–H and O–H groups in total. The molecule has 0 radical (unpaired) electrons. The van der Waals surface area contributed by atoms with Crippen molar-refractivity contribution in [2.24, 2.45) is 0 Å². The number of pyridine rings is 1. The molecule has 0 aliphatic carbocycles. The highest BCUT2D eigenvalue weighted by Crippen LogP contribution is 2.18. The number of hydrogen-bond donors (Lipinski definition) is 2. The van der Waals surface area contributed by atoms with Crippen LogP contribution in [0.5, 0.6) is 5.88 Å². The average Bonchev–Trinajstić information content (AvgIpc) is 3.27. The van der Waals surface area contributed by atoms with Gasteiger partial charge in [0.2, 0.25) is 11.8 Å². The number of ether oxygens (including phenoxy) is 2. The van der Waals surface area contributed by atoms with Crippen LogP contribution in [-0.2, 0) is 14.8 Å². The Morgan fingerprint density at radius 2 is 1.94 bits per heavy atom. The summed E-state index contributed by atoms with van der Waals surface area (Å²) in [4.78, 5) is 24.6. The summed E-state index contributed by atoms with van der Waals surface area (Å²) in [6.07, 6.45) is 3.67. The molecule has 166 valence electrons. The van der Waals surface area contributed by atoms with Gasteiger partial charge in [-0.05, 0) is 43.3 Å². The summed E-state index contributed by atoms with van der Waals surface area (Å²) in [6, 6.07) is 10.7. The third-order valence-corrected chi connectivity index (χ3v) is 5.96. The molecule has 1 amide bonds. The van der Waals surface area contributed by atoms with Gasteiger partial charge in [-0.25, -0.2) is 28.1 Å². The minimum absolute atomic E-state index is 0.0113. The maximum atomic E-state index is 12.5. The quantitative estimate of drug-likeness (QED) is 0.555. The second-order valence-electron chi connectivity index (χ2n) is 7.09. The number of carbonyl (C=O) groups excluding carboxylic acids is 1. The van der Waals surface area contributed by atoms with Crippen LogP contribution in [0.1, 0.15) is 22.5 Å². The van der Waals surface area contributed by atoms with E-state index in [0.29, 0.717) is 36.0 Å². The van der Waals surface area contributed by atoms with E-state index in [1.54, 1.807) is 25.1 Å². The summed E-state index contributed by atoms with van der Waals surface area (Å²) in [5, 5.41) is 2.71. The maximum Gasteiger partial charge on any atom is 0.264 e. The lowest BCUT2D eigenvalue weighted by Crippen LogP contribution is -2.17. The molecule has 2 aromatic heterocycles. The number of aryl methyl sites for hydroxylation is 1. The van der Waals surface area contributed by atoms with Crippen molar-refractivity contribution in [1.29, 1.82) is 0 Å². The number of carbonyl (C=O) groups is 1. The molecule has 1 aliphatic rings. The maximum absolute atomic E-state index is 12.5. The molecule has 0 saturated carbocycles. The molecule has 3 aromatic rings. The molecule has 0 bridgehead atoms. The van der Waals surface area contributed by atoms with Crippen LogP contribution in [0.15, 0.2) is 59.8 Å². The fourth-order valence-corrected chi connectivity index (χ4v) is 3.91. The van der Waals surface area contributed by atoms with E-state index < -0.39 is 10.0 Å². The van der Waals surface area contributed by atoms with Crippen LogP contribution >= 0.6 is 0 Å². The van der Waals surface area contributed by atoms with Crippen molar-refractivity contribution >= 4 is 27.6 Å². The molecule has 3 heterocycles. The van der Waals surface area contributed by atoms with Crippen molar-refractivity contribution in [2.45, 2.75) is 24.3 Å². The predicted molar refractivity (Wildman–Crippen MR) is 116 cm³/mol. The van der Waals surface area contributed by atoms with E-state index in [1.807, 2.05) is 0 Å². The Kier molecular flexibility index (Phi) is 6.28. The minimum atomic E-state index is -3.86. The van der Waals surface area contributed by atoms with Crippen LogP contribution < -0.4 is 14.8 Å². The normalized spacial score (nSPS) is 15.8. The monoisotopic (exact) mass is 455 g/mol. The Balaban J connectivity index is 1.38. The van der Waals surface area contributed by atoms with Crippen molar-refractivity contribution in [3.8, 4) is 5.88 Å². The minimum Gasteiger partial charge on any atom is -0.472 e. The first-order chi connectivity index (χ1) is 15.4. The SMILES string of the molecule is Cc1ccnc(NS(=O)(=O)c2ccc(NC(=O)c3ccc(OC4CCOC4)nc3)cc2)n1. The van der Waals surface area contributed by atoms with E-state index in [1.165, 1.54) is 36.7 Å². The number of hydrogen-bond acceptors (Lipinski definition) is 8. The fourth-order valence-electron chi connectivity index (χ4n) is 2.96. The van der Waals surface area contributed by atoms with Crippen LogP contribution in [-0.4, -0.2) is 48.6 Å². The molecule has 1 aromatic carbocycles. The van der Waals surface area contributed by atoms with Crippen LogP contribution in [0, 0.1) is 6.92 Å². The van der Waals surface area contributed by atoms with Crippen LogP contribution in [0.25, 0.3) is 0 Å². The largest absolute Gasteiger partial charge is 0.472 e. The Morgan fingerprint density at radius 1 is 1.12 bits per heavy atom. The first-order valence-corrected chi connectivity index (χ1v) is 11.3. The lowest BCUT2D eigenvalue weighted by atomic mass is 10.2. The second-order valence-corrected chi connectivity index (χ2v) is 8.78. The van der Waals surface area contributed by atoms with E-state index in [4.69, 9.17) is 9.47 Å². The zero-order chi connectivity index (χ0) is 22.6. The molecule has 4 rings (SSSR count). The topological polar surface area (TPSA) is 132 Å². The van der Waals surface area contributed by atoms with Gasteiger partial charge in [0.25, 0.3) is 15.9 Å². The average molecular weight is 455 g/mol. The van der Waals surface area contributed by atoms with Gasteiger partial charge in [0, 0.05) is 36.3 Å². The zero-order valence-electron chi connectivity index (χ0n) is 17.2. The van der Waals surface area contributed by atoms with E-state index >= 15 is 0 Å². The summed E-state index contributed by atoms with van der Waals surface area (Å²) in [5.41, 5.74) is 1.41. The van der Waals surface area contributed by atoms with Crippen LogP contribution in [0.2, 0.25) is 0 Å². The number of amides is 1. The van der Waals surface area contributed by atoms with Gasteiger partial charge in [0.1, 0.15) is 6.10 Å². The molecule has 1 fully saturated rings. The van der Waals surface area contributed by atoms with Gasteiger partial charge < -0.3 is 14.8 Å². The van der Waals surface area contributed by atoms with Gasteiger partial charge in [-0.1, -0.05) is 0 Å². The number of rotatable bonds is 7. The van der Waals surface area contributed by atoms with Gasteiger partial charge in [-0.2, -0.15) is 0 Å². The Hall–Kier alpha value is -3.57. The number of nitrogens with one attached hydrogen (secondary N) is 2. The lowest BCUT2D eigenvalue weighted by Gasteiger charge is -2.11. The molecular formula is C21H21N5O5S. The van der Waals surface area contributed by atoms with Crippen LogP contribution in [0.4, 0.5) is 11.6 Å². The molecule has 1 saturated heterocycles. The first-order valence-electron chi connectivity index (χ1n) is 9.83. The number of aromatic nitrogens is 3. The lowest BCUT2D eigenvalue weighted by molar-refractivity contribution is 0.102. The fraction of sp³-hybridized carbons (Fsp3) is 0.238.